The van der Waals surface area contributed by atoms with Crippen molar-refractivity contribution >= 4 is 17.7 Å². The van der Waals surface area contributed by atoms with Crippen molar-refractivity contribution in [2.75, 3.05) is 12.3 Å². The molecule has 1 rings (SSSR count). The summed E-state index contributed by atoms with van der Waals surface area (Å²) in [6, 6.07) is 1.50. The molecule has 17 heavy (non-hydrogen) atoms. The van der Waals surface area contributed by atoms with Crippen LogP contribution < -0.4 is 10.9 Å². The lowest BCUT2D eigenvalue weighted by Crippen LogP contribution is -2.24. The van der Waals surface area contributed by atoms with Gasteiger partial charge in [-0.25, -0.2) is 4.98 Å². The first-order valence-corrected chi connectivity index (χ1v) is 6.64. The molecule has 2 N–H and O–H groups in total. The van der Waals surface area contributed by atoms with E-state index >= 15 is 0 Å². The van der Waals surface area contributed by atoms with E-state index in [9.17, 15) is 9.59 Å². The van der Waals surface area contributed by atoms with Crippen LogP contribution in [0.15, 0.2) is 16.0 Å². The van der Waals surface area contributed by atoms with Crippen molar-refractivity contribution in [1.82, 2.24) is 15.3 Å². The first-order valence-electron chi connectivity index (χ1n) is 5.65. The topological polar surface area (TPSA) is 74.8 Å². The summed E-state index contributed by atoms with van der Waals surface area (Å²) in [5.41, 5.74) is 0.608. The van der Waals surface area contributed by atoms with Crippen molar-refractivity contribution in [2.24, 2.45) is 0 Å². The SMILES string of the molecule is CCCc1cc(=O)[nH]c(SCC(=O)NCC)n1. The average Bonchev–Trinajstić information content (AvgIpc) is 2.26. The minimum atomic E-state index is -0.165. The van der Waals surface area contributed by atoms with Gasteiger partial charge in [0.2, 0.25) is 5.91 Å². The highest BCUT2D eigenvalue weighted by Crippen LogP contribution is 2.11. The summed E-state index contributed by atoms with van der Waals surface area (Å²) in [7, 11) is 0. The van der Waals surface area contributed by atoms with Crippen LogP contribution in [0.5, 0.6) is 0 Å². The van der Waals surface area contributed by atoms with Gasteiger partial charge in [0.1, 0.15) is 0 Å². The third kappa shape index (κ3) is 5.04. The summed E-state index contributed by atoms with van der Waals surface area (Å²) >= 11 is 1.24. The number of carbonyl (C=O) groups excluding carboxylic acids is 1. The lowest BCUT2D eigenvalue weighted by molar-refractivity contribution is -0.118. The third-order valence-electron chi connectivity index (χ3n) is 1.99. The molecule has 0 radical (unpaired) electrons. The van der Waals surface area contributed by atoms with Crippen LogP contribution in [0.25, 0.3) is 0 Å². The summed E-state index contributed by atoms with van der Waals surface area (Å²) < 4.78 is 0. The van der Waals surface area contributed by atoms with Gasteiger partial charge in [0, 0.05) is 18.3 Å². The van der Waals surface area contributed by atoms with E-state index in [1.165, 1.54) is 17.8 Å². The molecule has 94 valence electrons. The zero-order valence-corrected chi connectivity index (χ0v) is 10.9. The summed E-state index contributed by atoms with van der Waals surface area (Å²) in [5.74, 6) is 0.216. The standard InChI is InChI=1S/C11H17N3O2S/c1-3-5-8-6-9(15)14-11(13-8)17-7-10(16)12-4-2/h6H,3-5,7H2,1-2H3,(H,12,16)(H,13,14,15). The highest BCUT2D eigenvalue weighted by atomic mass is 32.2. The first kappa shape index (κ1) is 13.8. The van der Waals surface area contributed by atoms with Crippen LogP contribution in [0.4, 0.5) is 0 Å². The molecule has 0 atom stereocenters. The van der Waals surface area contributed by atoms with Crippen LogP contribution in [0, 0.1) is 0 Å². The van der Waals surface area contributed by atoms with Gasteiger partial charge in [-0.3, -0.25) is 9.59 Å². The maximum absolute atomic E-state index is 11.3. The fraction of sp³-hybridized carbons (Fsp3) is 0.545. The van der Waals surface area contributed by atoms with Crippen molar-refractivity contribution in [2.45, 2.75) is 31.8 Å². The van der Waals surface area contributed by atoms with Crippen LogP contribution in [-0.4, -0.2) is 28.2 Å². The van der Waals surface area contributed by atoms with Crippen LogP contribution in [0.2, 0.25) is 0 Å². The molecule has 0 saturated carbocycles. The molecule has 0 bridgehead atoms. The maximum atomic E-state index is 11.3. The summed E-state index contributed by atoms with van der Waals surface area (Å²) in [5, 5.41) is 3.20. The number of aryl methyl sites for hydroxylation is 1. The molecule has 1 amide bonds. The van der Waals surface area contributed by atoms with Crippen molar-refractivity contribution in [3.63, 3.8) is 0 Å². The third-order valence-corrected chi connectivity index (χ3v) is 2.87. The fourth-order valence-electron chi connectivity index (χ4n) is 1.32. The Balaban J connectivity index is 2.64. The van der Waals surface area contributed by atoms with E-state index in [4.69, 9.17) is 0 Å². The largest absolute Gasteiger partial charge is 0.356 e. The van der Waals surface area contributed by atoms with Gasteiger partial charge in [-0.2, -0.15) is 0 Å². The second-order valence-corrected chi connectivity index (χ2v) is 4.50. The number of nitrogens with one attached hydrogen (secondary N) is 2. The maximum Gasteiger partial charge on any atom is 0.251 e. The van der Waals surface area contributed by atoms with Crippen molar-refractivity contribution in [3.8, 4) is 0 Å². The van der Waals surface area contributed by atoms with Gasteiger partial charge in [0.15, 0.2) is 5.16 Å². The summed E-state index contributed by atoms with van der Waals surface area (Å²) in [6.45, 7) is 4.51. The molecule has 6 heteroatoms. The Morgan fingerprint density at radius 2 is 2.29 bits per heavy atom. The Labute approximate surface area is 104 Å². The zero-order valence-electron chi connectivity index (χ0n) is 10.1. The highest BCUT2D eigenvalue weighted by molar-refractivity contribution is 7.99. The molecular formula is C11H17N3O2S. The van der Waals surface area contributed by atoms with Crippen LogP contribution >= 0.6 is 11.8 Å². The predicted octanol–water partition coefficient (Wildman–Crippen LogP) is 0.951. The molecule has 0 unspecified atom stereocenters. The second-order valence-electron chi connectivity index (χ2n) is 3.53. The van der Waals surface area contributed by atoms with Gasteiger partial charge in [-0.1, -0.05) is 25.1 Å². The van der Waals surface area contributed by atoms with Crippen molar-refractivity contribution in [3.05, 3.63) is 22.1 Å². The van der Waals surface area contributed by atoms with Gasteiger partial charge in [0.05, 0.1) is 5.75 Å². The average molecular weight is 255 g/mol. The molecule has 0 fully saturated rings. The molecule has 5 nitrogen and oxygen atoms in total. The normalized spacial score (nSPS) is 10.2. The molecule has 1 aromatic heterocycles. The minimum absolute atomic E-state index is 0.0546. The monoisotopic (exact) mass is 255 g/mol. The van der Waals surface area contributed by atoms with E-state index in [0.717, 1.165) is 18.5 Å². The number of nitrogens with zero attached hydrogens (tertiary/aromatic N) is 1. The Kier molecular flexibility index (Phi) is 5.76. The quantitative estimate of drug-likeness (QED) is 0.586. The molecule has 0 saturated heterocycles. The number of hydrogen-bond donors (Lipinski definition) is 2. The summed E-state index contributed by atoms with van der Waals surface area (Å²) in [6.07, 6.45) is 1.72. The zero-order chi connectivity index (χ0) is 12.7. The van der Waals surface area contributed by atoms with E-state index in [0.29, 0.717) is 11.7 Å². The first-order chi connectivity index (χ1) is 8.15. The highest BCUT2D eigenvalue weighted by Gasteiger charge is 2.05. The van der Waals surface area contributed by atoms with Crippen LogP contribution in [0.1, 0.15) is 26.0 Å². The minimum Gasteiger partial charge on any atom is -0.356 e. The van der Waals surface area contributed by atoms with Crippen LogP contribution in [-0.2, 0) is 11.2 Å². The van der Waals surface area contributed by atoms with Gasteiger partial charge >= 0.3 is 0 Å². The number of rotatable bonds is 6. The lowest BCUT2D eigenvalue weighted by atomic mass is 10.2. The number of amides is 1. The van der Waals surface area contributed by atoms with E-state index < -0.39 is 0 Å². The molecule has 1 heterocycles. The molecule has 0 aliphatic rings. The van der Waals surface area contributed by atoms with E-state index in [1.54, 1.807) is 0 Å². The molecule has 1 aromatic rings. The molecule has 0 aliphatic carbocycles. The number of H-pyrrole nitrogens is 1. The molecule has 0 spiro atoms. The predicted molar refractivity (Wildman–Crippen MR) is 68.3 cm³/mol. The number of aromatic amines is 1. The smallest absolute Gasteiger partial charge is 0.251 e. The van der Waals surface area contributed by atoms with Gasteiger partial charge in [-0.15, -0.1) is 0 Å². The van der Waals surface area contributed by atoms with E-state index in [2.05, 4.69) is 15.3 Å². The molecular weight excluding hydrogens is 238 g/mol. The van der Waals surface area contributed by atoms with Gasteiger partial charge < -0.3 is 10.3 Å². The molecule has 0 aromatic carbocycles. The van der Waals surface area contributed by atoms with Gasteiger partial charge in [-0.05, 0) is 13.3 Å². The lowest BCUT2D eigenvalue weighted by Gasteiger charge is -2.03. The van der Waals surface area contributed by atoms with Crippen LogP contribution in [0.3, 0.4) is 0 Å². The number of aromatic nitrogens is 2. The Hall–Kier alpha value is -1.30. The second kappa shape index (κ2) is 7.11. The number of thioether (sulfide) groups is 1. The molecule has 0 aliphatic heterocycles. The number of carbonyl (C=O) groups is 1. The Morgan fingerprint density at radius 3 is 2.94 bits per heavy atom. The van der Waals surface area contributed by atoms with E-state index in [-0.39, 0.29) is 17.2 Å². The van der Waals surface area contributed by atoms with Crippen molar-refractivity contribution < 1.29 is 4.79 Å². The van der Waals surface area contributed by atoms with Gasteiger partial charge in [0.25, 0.3) is 5.56 Å². The Bertz CT molecular complexity index is 431. The Morgan fingerprint density at radius 1 is 1.53 bits per heavy atom. The van der Waals surface area contributed by atoms with E-state index in [1.807, 2.05) is 13.8 Å². The summed E-state index contributed by atoms with van der Waals surface area (Å²) in [4.78, 5) is 29.5. The van der Waals surface area contributed by atoms with Crippen molar-refractivity contribution in [1.29, 1.82) is 0 Å². The fourth-order valence-corrected chi connectivity index (χ4v) is 2.04. The number of hydrogen-bond acceptors (Lipinski definition) is 4.